The standard InChI is InChI=1S/C4H10O3P.H3P/c1-3-6-8(5)7-4-2;/h3-4H2,1-2H3;1H3/q+1;. The van der Waals surface area contributed by atoms with E-state index in [2.05, 4.69) is 9.05 Å². The first kappa shape index (κ1) is 12.2. The molecule has 0 aromatic rings. The van der Waals surface area contributed by atoms with E-state index < -0.39 is 8.25 Å². The minimum atomic E-state index is -1.83. The highest BCUT2D eigenvalue weighted by Gasteiger charge is 2.15. The zero-order valence-electron chi connectivity index (χ0n) is 5.79. The molecule has 0 bridgehead atoms. The van der Waals surface area contributed by atoms with E-state index in [0.717, 1.165) is 0 Å². The number of hydrogen-bond acceptors (Lipinski definition) is 3. The van der Waals surface area contributed by atoms with Crippen molar-refractivity contribution >= 4 is 18.2 Å². The summed E-state index contributed by atoms with van der Waals surface area (Å²) in [5.41, 5.74) is 0. The molecule has 5 heteroatoms. The van der Waals surface area contributed by atoms with Gasteiger partial charge in [-0.3, -0.25) is 0 Å². The van der Waals surface area contributed by atoms with Gasteiger partial charge in [0.15, 0.2) is 0 Å². The van der Waals surface area contributed by atoms with E-state index in [4.69, 9.17) is 0 Å². The van der Waals surface area contributed by atoms with E-state index >= 15 is 0 Å². The maximum absolute atomic E-state index is 10.3. The van der Waals surface area contributed by atoms with Crippen molar-refractivity contribution in [2.75, 3.05) is 13.2 Å². The highest BCUT2D eigenvalue weighted by atomic mass is 31.1. The summed E-state index contributed by atoms with van der Waals surface area (Å²) in [6.07, 6.45) is 0. The molecule has 0 amide bonds. The predicted molar refractivity (Wildman–Crippen MR) is 42.0 cm³/mol. The Labute approximate surface area is 59.7 Å². The quantitative estimate of drug-likeness (QED) is 0.604. The summed E-state index contributed by atoms with van der Waals surface area (Å²) in [5, 5.41) is 0. The van der Waals surface area contributed by atoms with Crippen LogP contribution in [-0.2, 0) is 13.6 Å². The van der Waals surface area contributed by atoms with Crippen LogP contribution < -0.4 is 0 Å². The Kier molecular flexibility index (Phi) is 11.4. The van der Waals surface area contributed by atoms with Crippen LogP contribution in [0.1, 0.15) is 13.8 Å². The van der Waals surface area contributed by atoms with Crippen molar-refractivity contribution in [1.82, 2.24) is 0 Å². The molecule has 0 saturated carbocycles. The van der Waals surface area contributed by atoms with Crippen LogP contribution in [-0.4, -0.2) is 13.2 Å². The highest BCUT2D eigenvalue weighted by Crippen LogP contribution is 2.21. The molecule has 0 N–H and O–H groups in total. The second-order valence-corrected chi connectivity index (χ2v) is 2.02. The average Bonchev–Trinajstić information content (AvgIpc) is 1.68. The van der Waals surface area contributed by atoms with Crippen LogP contribution >= 0.6 is 18.2 Å². The maximum atomic E-state index is 10.3. The van der Waals surface area contributed by atoms with Gasteiger partial charge < -0.3 is 0 Å². The van der Waals surface area contributed by atoms with Gasteiger partial charge in [-0.25, -0.2) is 0 Å². The molecule has 0 aliphatic carbocycles. The lowest BCUT2D eigenvalue weighted by molar-refractivity contribution is 0.243. The summed E-state index contributed by atoms with van der Waals surface area (Å²) >= 11 is 0. The second kappa shape index (κ2) is 8.45. The fourth-order valence-corrected chi connectivity index (χ4v) is 0.744. The molecular weight excluding hydrogens is 158 g/mol. The van der Waals surface area contributed by atoms with Gasteiger partial charge in [0.2, 0.25) is 0 Å². The predicted octanol–water partition coefficient (Wildman–Crippen LogP) is 1.77. The maximum Gasteiger partial charge on any atom is 0.697 e. The zero-order valence-corrected chi connectivity index (χ0v) is 8.10. The normalized spacial score (nSPS) is 8.22. The second-order valence-electron chi connectivity index (χ2n) is 1.06. The lowest BCUT2D eigenvalue weighted by Crippen LogP contribution is -1.81. The van der Waals surface area contributed by atoms with Crippen molar-refractivity contribution in [2.45, 2.75) is 13.8 Å². The Balaban J connectivity index is 0. The molecule has 56 valence electrons. The van der Waals surface area contributed by atoms with Crippen LogP contribution in [0.5, 0.6) is 0 Å². The molecule has 0 spiro atoms. The first-order valence-corrected chi connectivity index (χ1v) is 3.63. The molecular formula is C4H13O3P2+. The van der Waals surface area contributed by atoms with E-state index in [1.807, 2.05) is 0 Å². The van der Waals surface area contributed by atoms with Crippen LogP contribution in [0, 0.1) is 0 Å². The first-order valence-electron chi connectivity index (χ1n) is 2.54. The Bertz CT molecular complexity index is 68.2. The molecule has 0 heterocycles. The van der Waals surface area contributed by atoms with Gasteiger partial charge in [-0.2, -0.15) is 9.90 Å². The fourth-order valence-electron chi connectivity index (χ4n) is 0.248. The van der Waals surface area contributed by atoms with Gasteiger partial charge in [-0.15, -0.1) is 9.05 Å². The van der Waals surface area contributed by atoms with E-state index in [0.29, 0.717) is 13.2 Å². The molecule has 1 unspecified atom stereocenters. The molecule has 0 saturated heterocycles. The van der Waals surface area contributed by atoms with Crippen LogP contribution in [0.25, 0.3) is 0 Å². The molecule has 0 fully saturated rings. The van der Waals surface area contributed by atoms with Gasteiger partial charge >= 0.3 is 8.25 Å². The summed E-state index contributed by atoms with van der Waals surface area (Å²) in [6.45, 7) is 4.42. The van der Waals surface area contributed by atoms with Crippen LogP contribution in [0.15, 0.2) is 0 Å². The summed E-state index contributed by atoms with van der Waals surface area (Å²) in [7, 11) is -1.83. The fraction of sp³-hybridized carbons (Fsp3) is 1.00. The molecule has 1 atom stereocenters. The van der Waals surface area contributed by atoms with Crippen molar-refractivity contribution in [3.8, 4) is 0 Å². The van der Waals surface area contributed by atoms with E-state index in [9.17, 15) is 4.57 Å². The monoisotopic (exact) mass is 171 g/mol. The molecule has 0 radical (unpaired) electrons. The van der Waals surface area contributed by atoms with Gasteiger partial charge in [0.1, 0.15) is 13.2 Å². The van der Waals surface area contributed by atoms with E-state index in [-0.39, 0.29) is 9.90 Å². The molecule has 0 aromatic heterocycles. The van der Waals surface area contributed by atoms with Crippen LogP contribution in [0.4, 0.5) is 0 Å². The first-order chi connectivity index (χ1) is 3.81. The van der Waals surface area contributed by atoms with Gasteiger partial charge in [-0.1, -0.05) is 0 Å². The van der Waals surface area contributed by atoms with Gasteiger partial charge in [0.25, 0.3) is 0 Å². The summed E-state index contributed by atoms with van der Waals surface area (Å²) in [6, 6.07) is 0. The minimum Gasteiger partial charge on any atom is -0.153 e. The zero-order chi connectivity index (χ0) is 6.41. The molecule has 0 rings (SSSR count). The Hall–Kier alpha value is 0.450. The summed E-state index contributed by atoms with van der Waals surface area (Å²) in [5.74, 6) is 0. The molecule has 9 heavy (non-hydrogen) atoms. The lowest BCUT2D eigenvalue weighted by Gasteiger charge is -1.78. The topological polar surface area (TPSA) is 35.5 Å². The molecule has 0 aliphatic rings. The third kappa shape index (κ3) is 8.45. The Morgan fingerprint density at radius 2 is 1.56 bits per heavy atom. The summed E-state index contributed by atoms with van der Waals surface area (Å²) < 4.78 is 19.5. The number of rotatable bonds is 4. The average molecular weight is 171 g/mol. The van der Waals surface area contributed by atoms with Crippen LogP contribution in [0.3, 0.4) is 0 Å². The highest BCUT2D eigenvalue weighted by molar-refractivity contribution is 7.33. The SMILES string of the molecule is CCO[P+](=O)OCC.P. The van der Waals surface area contributed by atoms with Gasteiger partial charge in [0, 0.05) is 4.57 Å². The van der Waals surface area contributed by atoms with Crippen molar-refractivity contribution in [1.29, 1.82) is 0 Å². The van der Waals surface area contributed by atoms with Crippen molar-refractivity contribution < 1.29 is 13.6 Å². The molecule has 0 aliphatic heterocycles. The smallest absolute Gasteiger partial charge is 0.153 e. The van der Waals surface area contributed by atoms with Crippen LogP contribution in [0.2, 0.25) is 0 Å². The largest absolute Gasteiger partial charge is 0.697 e. The Morgan fingerprint density at radius 3 is 1.78 bits per heavy atom. The third-order valence-electron chi connectivity index (χ3n) is 0.469. The van der Waals surface area contributed by atoms with Crippen molar-refractivity contribution in [2.24, 2.45) is 0 Å². The van der Waals surface area contributed by atoms with Crippen molar-refractivity contribution in [3.05, 3.63) is 0 Å². The van der Waals surface area contributed by atoms with E-state index in [1.165, 1.54) is 0 Å². The van der Waals surface area contributed by atoms with Gasteiger partial charge in [0.05, 0.1) is 0 Å². The number of hydrogen-bond donors (Lipinski definition) is 0. The Morgan fingerprint density at radius 1 is 1.22 bits per heavy atom. The third-order valence-corrected chi connectivity index (χ3v) is 1.41. The van der Waals surface area contributed by atoms with Crippen molar-refractivity contribution in [3.63, 3.8) is 0 Å². The lowest BCUT2D eigenvalue weighted by atomic mass is 10.9. The minimum absolute atomic E-state index is 0. The van der Waals surface area contributed by atoms with Gasteiger partial charge in [-0.05, 0) is 13.8 Å². The molecule has 0 aromatic carbocycles. The van der Waals surface area contributed by atoms with E-state index in [1.54, 1.807) is 13.8 Å². The summed E-state index contributed by atoms with van der Waals surface area (Å²) in [4.78, 5) is 0. The molecule has 3 nitrogen and oxygen atoms in total.